The average molecular weight is 436 g/mol. The van der Waals surface area contributed by atoms with Crippen molar-refractivity contribution in [1.82, 2.24) is 24.4 Å². The molecule has 31 heavy (non-hydrogen) atoms. The van der Waals surface area contributed by atoms with Gasteiger partial charge >= 0.3 is 0 Å². The molecule has 1 saturated heterocycles. The lowest BCUT2D eigenvalue weighted by molar-refractivity contribution is 0.0596. The Labute approximate surface area is 182 Å². The molecule has 0 atom stereocenters. The van der Waals surface area contributed by atoms with Gasteiger partial charge in [0, 0.05) is 44.4 Å². The van der Waals surface area contributed by atoms with Crippen LogP contribution in [0.1, 0.15) is 21.8 Å². The number of rotatable bonds is 4. The van der Waals surface area contributed by atoms with Crippen molar-refractivity contribution in [2.75, 3.05) is 26.2 Å². The molecule has 4 heterocycles. The van der Waals surface area contributed by atoms with Gasteiger partial charge in [-0.15, -0.1) is 0 Å². The highest BCUT2D eigenvalue weighted by Gasteiger charge is 2.24. The number of aryl methyl sites for hydroxylation is 1. The predicted octanol–water partition coefficient (Wildman–Crippen LogP) is 2.68. The molecule has 4 aromatic rings. The molecule has 1 aliphatic rings. The molecule has 158 valence electrons. The lowest BCUT2D eigenvalue weighted by atomic mass is 10.1. The monoisotopic (exact) mass is 435 g/mol. The van der Waals surface area contributed by atoms with E-state index in [1.54, 1.807) is 23.1 Å². The Morgan fingerprint density at radius 1 is 1.13 bits per heavy atom. The molecule has 5 rings (SSSR count). The van der Waals surface area contributed by atoms with Gasteiger partial charge in [-0.05, 0) is 24.6 Å². The number of hydrogen-bond acceptors (Lipinski definition) is 7. The maximum Gasteiger partial charge on any atom is 0.289 e. The number of amides is 1. The van der Waals surface area contributed by atoms with E-state index >= 15 is 0 Å². The van der Waals surface area contributed by atoms with Crippen molar-refractivity contribution in [2.24, 2.45) is 0 Å². The molecule has 0 aliphatic carbocycles. The second-order valence-electron chi connectivity index (χ2n) is 7.55. The number of hydrogen-bond donors (Lipinski definition) is 0. The van der Waals surface area contributed by atoms with Gasteiger partial charge < -0.3 is 9.32 Å². The maximum atomic E-state index is 12.6. The van der Waals surface area contributed by atoms with Gasteiger partial charge in [0.1, 0.15) is 5.01 Å². The first-order chi connectivity index (χ1) is 15.1. The van der Waals surface area contributed by atoms with E-state index in [1.807, 2.05) is 31.2 Å². The molecular formula is C22H21N5O3S. The summed E-state index contributed by atoms with van der Waals surface area (Å²) in [4.78, 5) is 34.3. The topological polar surface area (TPSA) is 84.0 Å². The van der Waals surface area contributed by atoms with E-state index in [1.165, 1.54) is 22.1 Å². The molecule has 0 unspecified atom stereocenters. The quantitative estimate of drug-likeness (QED) is 0.490. The number of carbonyl (C=O) groups excluding carboxylic acids is 1. The van der Waals surface area contributed by atoms with E-state index in [9.17, 15) is 9.59 Å². The Morgan fingerprint density at radius 3 is 2.68 bits per heavy atom. The van der Waals surface area contributed by atoms with E-state index < -0.39 is 0 Å². The Balaban J connectivity index is 1.31. The molecule has 1 aromatic carbocycles. The van der Waals surface area contributed by atoms with Crippen LogP contribution in [0.4, 0.5) is 0 Å². The van der Waals surface area contributed by atoms with E-state index in [4.69, 9.17) is 4.42 Å². The molecule has 0 bridgehead atoms. The summed E-state index contributed by atoms with van der Waals surface area (Å²) >= 11 is 1.42. The number of carbonyl (C=O) groups is 1. The number of piperazine rings is 1. The first-order valence-corrected chi connectivity index (χ1v) is 10.9. The third-order valence-electron chi connectivity index (χ3n) is 5.45. The highest BCUT2D eigenvalue weighted by atomic mass is 32.1. The van der Waals surface area contributed by atoms with Gasteiger partial charge in [0.05, 0.1) is 12.0 Å². The maximum absolute atomic E-state index is 12.6. The lowest BCUT2D eigenvalue weighted by Gasteiger charge is -2.34. The molecule has 0 N–H and O–H groups in total. The van der Waals surface area contributed by atoms with Crippen molar-refractivity contribution in [1.29, 1.82) is 0 Å². The molecular weight excluding hydrogens is 414 g/mol. The van der Waals surface area contributed by atoms with Crippen molar-refractivity contribution in [3.05, 3.63) is 76.1 Å². The van der Waals surface area contributed by atoms with E-state index in [0.29, 0.717) is 43.4 Å². The summed E-state index contributed by atoms with van der Waals surface area (Å²) in [7, 11) is 0. The van der Waals surface area contributed by atoms with Crippen LogP contribution in [-0.4, -0.2) is 56.5 Å². The van der Waals surface area contributed by atoms with Crippen LogP contribution in [0.5, 0.6) is 0 Å². The van der Waals surface area contributed by atoms with Crippen LogP contribution in [0.15, 0.2) is 57.9 Å². The third kappa shape index (κ3) is 3.89. The second kappa shape index (κ2) is 8.09. The Bertz CT molecular complexity index is 1290. The summed E-state index contributed by atoms with van der Waals surface area (Å²) in [5.74, 6) is 0.277. The highest BCUT2D eigenvalue weighted by molar-refractivity contribution is 7.19. The summed E-state index contributed by atoms with van der Waals surface area (Å²) in [6, 6.07) is 12.9. The zero-order chi connectivity index (χ0) is 21.4. The minimum Gasteiger partial charge on any atom is -0.459 e. The van der Waals surface area contributed by atoms with Crippen LogP contribution in [-0.2, 0) is 6.54 Å². The Hall–Kier alpha value is -3.30. The molecule has 0 radical (unpaired) electrons. The van der Waals surface area contributed by atoms with Crippen molar-refractivity contribution < 1.29 is 9.21 Å². The average Bonchev–Trinajstić information content (AvgIpc) is 3.45. The molecule has 3 aromatic heterocycles. The minimum absolute atomic E-state index is 0.0872. The van der Waals surface area contributed by atoms with Gasteiger partial charge in [-0.25, -0.2) is 4.98 Å². The second-order valence-corrected chi connectivity index (χ2v) is 8.50. The number of furan rings is 1. The van der Waals surface area contributed by atoms with Crippen molar-refractivity contribution >= 4 is 22.2 Å². The fourth-order valence-electron chi connectivity index (χ4n) is 3.75. The standard InChI is InChI=1S/C22H21N5O3S/c1-15-5-2-3-6-17(15)20-24-27-19(28)13-16(23-22(27)31-20)14-25-8-10-26(11-9-25)21(29)18-7-4-12-30-18/h2-7,12-13H,8-11,14H2,1H3. The summed E-state index contributed by atoms with van der Waals surface area (Å²) in [6.07, 6.45) is 1.51. The SMILES string of the molecule is Cc1ccccc1-c1nn2c(=O)cc(CN3CCN(C(=O)c4ccco4)CC3)nc2s1. The van der Waals surface area contributed by atoms with Crippen LogP contribution in [0.2, 0.25) is 0 Å². The zero-order valence-corrected chi connectivity index (χ0v) is 17.8. The summed E-state index contributed by atoms with van der Waals surface area (Å²) in [6.45, 7) is 5.23. The van der Waals surface area contributed by atoms with Crippen LogP contribution in [0, 0.1) is 6.92 Å². The van der Waals surface area contributed by atoms with Crippen LogP contribution < -0.4 is 5.56 Å². The molecule has 8 nitrogen and oxygen atoms in total. The smallest absolute Gasteiger partial charge is 0.289 e. The summed E-state index contributed by atoms with van der Waals surface area (Å²) in [5.41, 5.74) is 2.66. The van der Waals surface area contributed by atoms with Gasteiger partial charge in [0.25, 0.3) is 11.5 Å². The fraction of sp³-hybridized carbons (Fsp3) is 0.273. The zero-order valence-electron chi connectivity index (χ0n) is 17.0. The third-order valence-corrected chi connectivity index (χ3v) is 6.39. The van der Waals surface area contributed by atoms with Crippen LogP contribution >= 0.6 is 11.3 Å². The van der Waals surface area contributed by atoms with E-state index in [2.05, 4.69) is 15.0 Å². The van der Waals surface area contributed by atoms with Gasteiger partial charge in [-0.2, -0.15) is 9.61 Å². The van der Waals surface area contributed by atoms with Gasteiger partial charge in [-0.3, -0.25) is 14.5 Å². The largest absolute Gasteiger partial charge is 0.459 e. The molecule has 1 amide bonds. The van der Waals surface area contributed by atoms with Crippen LogP contribution in [0.25, 0.3) is 15.5 Å². The highest BCUT2D eigenvalue weighted by Crippen LogP contribution is 2.27. The van der Waals surface area contributed by atoms with Crippen LogP contribution in [0.3, 0.4) is 0 Å². The summed E-state index contributed by atoms with van der Waals surface area (Å²) in [5, 5.41) is 5.26. The lowest BCUT2D eigenvalue weighted by Crippen LogP contribution is -2.48. The van der Waals surface area contributed by atoms with Crippen molar-refractivity contribution in [3.8, 4) is 10.6 Å². The minimum atomic E-state index is -0.178. The molecule has 1 fully saturated rings. The van der Waals surface area contributed by atoms with Crippen molar-refractivity contribution in [3.63, 3.8) is 0 Å². The fourth-order valence-corrected chi connectivity index (χ4v) is 4.77. The molecule has 1 aliphatic heterocycles. The first-order valence-electron chi connectivity index (χ1n) is 10.1. The molecule has 9 heteroatoms. The molecule has 0 saturated carbocycles. The number of aromatic nitrogens is 3. The number of benzene rings is 1. The number of fused-ring (bicyclic) bond motifs is 1. The summed E-state index contributed by atoms with van der Waals surface area (Å²) < 4.78 is 6.58. The van der Waals surface area contributed by atoms with Gasteiger partial charge in [0.15, 0.2) is 5.76 Å². The van der Waals surface area contributed by atoms with E-state index in [-0.39, 0.29) is 11.5 Å². The normalized spacial score (nSPS) is 14.9. The van der Waals surface area contributed by atoms with E-state index in [0.717, 1.165) is 21.8 Å². The molecule has 0 spiro atoms. The van der Waals surface area contributed by atoms with Crippen molar-refractivity contribution in [2.45, 2.75) is 13.5 Å². The van der Waals surface area contributed by atoms with Gasteiger partial charge in [-0.1, -0.05) is 35.6 Å². The predicted molar refractivity (Wildman–Crippen MR) is 117 cm³/mol. The number of nitrogens with zero attached hydrogens (tertiary/aromatic N) is 5. The first kappa shape index (κ1) is 19.7. The Kier molecular flexibility index (Phi) is 5.13. The Morgan fingerprint density at radius 2 is 1.94 bits per heavy atom. The van der Waals surface area contributed by atoms with Gasteiger partial charge in [0.2, 0.25) is 4.96 Å².